The number of nitrogens with zero attached hydrogens (tertiary/aromatic N) is 3. The number of rotatable bonds is 6. The van der Waals surface area contributed by atoms with E-state index in [-0.39, 0.29) is 24.3 Å². The average molecular weight is 559 g/mol. The molecular weight excluding hydrogens is 529 g/mol. The molecule has 1 aromatic heterocycles. The molecule has 40 heavy (non-hydrogen) atoms. The maximum Gasteiger partial charge on any atom is 0.416 e. The van der Waals surface area contributed by atoms with Crippen molar-refractivity contribution in [2.45, 2.75) is 50.0 Å². The Morgan fingerprint density at radius 3 is 2.85 bits per heavy atom. The number of benzene rings is 1. The second kappa shape index (κ2) is 9.66. The maximum atomic E-state index is 13.8. The largest absolute Gasteiger partial charge is 0.475 e. The monoisotopic (exact) mass is 558 g/mol. The van der Waals surface area contributed by atoms with Gasteiger partial charge in [0, 0.05) is 30.9 Å². The Bertz CT molecular complexity index is 1360. The van der Waals surface area contributed by atoms with Crippen molar-refractivity contribution in [3.8, 4) is 5.88 Å². The molecule has 2 saturated heterocycles. The van der Waals surface area contributed by atoms with Gasteiger partial charge in [0.05, 0.1) is 35.8 Å². The fourth-order valence-electron chi connectivity index (χ4n) is 5.24. The molecule has 10 nitrogen and oxygen atoms in total. The van der Waals surface area contributed by atoms with Crippen molar-refractivity contribution in [3.05, 3.63) is 65.6 Å². The molecule has 6 rings (SSSR count). The third-order valence-electron chi connectivity index (χ3n) is 7.23. The van der Waals surface area contributed by atoms with Crippen LogP contribution in [0.25, 0.3) is 0 Å². The van der Waals surface area contributed by atoms with Crippen LogP contribution in [0.4, 0.5) is 18.9 Å². The topological polar surface area (TPSA) is 109 Å². The fraction of sp³-hybridized carbons (Fsp3) is 0.444. The lowest BCUT2D eigenvalue weighted by Gasteiger charge is -2.42. The van der Waals surface area contributed by atoms with Gasteiger partial charge in [-0.1, -0.05) is 12.1 Å². The van der Waals surface area contributed by atoms with E-state index in [0.717, 1.165) is 37.3 Å². The van der Waals surface area contributed by atoms with E-state index < -0.39 is 29.1 Å². The molecule has 2 fully saturated rings. The summed E-state index contributed by atoms with van der Waals surface area (Å²) in [7, 11) is 0. The highest BCUT2D eigenvalue weighted by Gasteiger charge is 2.47. The van der Waals surface area contributed by atoms with Gasteiger partial charge in [-0.2, -0.15) is 13.2 Å². The predicted molar refractivity (Wildman–Crippen MR) is 138 cm³/mol. The number of pyridine rings is 1. The van der Waals surface area contributed by atoms with E-state index in [1.807, 2.05) is 13.8 Å². The molecule has 1 aromatic carbocycles. The van der Waals surface area contributed by atoms with Gasteiger partial charge in [0.2, 0.25) is 11.5 Å². The van der Waals surface area contributed by atoms with Crippen LogP contribution < -0.4 is 20.7 Å². The minimum absolute atomic E-state index is 0.0593. The number of hydrogen-bond donors (Lipinski definition) is 3. The quantitative estimate of drug-likeness (QED) is 0.497. The fourth-order valence-corrected chi connectivity index (χ4v) is 5.24. The number of carbonyl (C=O) groups excluding carboxylic acids is 1. The first-order valence-corrected chi connectivity index (χ1v) is 13.0. The average Bonchev–Trinajstić information content (AvgIpc) is 3.49. The summed E-state index contributed by atoms with van der Waals surface area (Å²) in [5.41, 5.74) is -1.44. The Morgan fingerprint density at radius 2 is 2.12 bits per heavy atom. The molecule has 4 aliphatic rings. The number of aliphatic imine (C=N–C) groups is 1. The van der Waals surface area contributed by atoms with E-state index in [2.05, 4.69) is 25.8 Å². The van der Waals surface area contributed by atoms with E-state index in [4.69, 9.17) is 19.2 Å². The van der Waals surface area contributed by atoms with Crippen molar-refractivity contribution >= 4 is 17.4 Å². The molecule has 0 radical (unpaired) electrons. The van der Waals surface area contributed by atoms with Gasteiger partial charge in [0.15, 0.2) is 5.79 Å². The van der Waals surface area contributed by atoms with Crippen LogP contribution in [0.15, 0.2) is 59.5 Å². The van der Waals surface area contributed by atoms with Gasteiger partial charge in [0.1, 0.15) is 18.5 Å². The second-order valence-corrected chi connectivity index (χ2v) is 10.6. The highest BCUT2D eigenvalue weighted by Crippen LogP contribution is 2.35. The van der Waals surface area contributed by atoms with Gasteiger partial charge < -0.3 is 35.1 Å². The first-order chi connectivity index (χ1) is 19.0. The predicted octanol–water partition coefficient (Wildman–Crippen LogP) is 2.94. The van der Waals surface area contributed by atoms with Crippen molar-refractivity contribution < 1.29 is 32.2 Å². The third kappa shape index (κ3) is 5.06. The molecule has 2 bridgehead atoms. The zero-order chi connectivity index (χ0) is 28.1. The Hall–Kier alpha value is -3.84. The summed E-state index contributed by atoms with van der Waals surface area (Å²) in [5.74, 6) is -0.515. The molecule has 0 aliphatic carbocycles. The molecule has 3 N–H and O–H groups in total. The van der Waals surface area contributed by atoms with Crippen LogP contribution in [-0.4, -0.2) is 65.9 Å². The summed E-state index contributed by atoms with van der Waals surface area (Å²) in [5, 5.41) is 8.96. The van der Waals surface area contributed by atoms with Crippen molar-refractivity contribution in [2.75, 3.05) is 31.6 Å². The number of nitrogens with one attached hydrogen (secondary N) is 3. The van der Waals surface area contributed by atoms with Crippen LogP contribution >= 0.6 is 0 Å². The van der Waals surface area contributed by atoms with Gasteiger partial charge in [-0.05, 0) is 38.5 Å². The van der Waals surface area contributed by atoms with Gasteiger partial charge in [-0.25, -0.2) is 4.98 Å². The van der Waals surface area contributed by atoms with Crippen molar-refractivity contribution in [1.82, 2.24) is 20.5 Å². The van der Waals surface area contributed by atoms with Gasteiger partial charge >= 0.3 is 6.18 Å². The van der Waals surface area contributed by atoms with Gasteiger partial charge in [-0.15, -0.1) is 0 Å². The highest BCUT2D eigenvalue weighted by molar-refractivity contribution is 6.07. The van der Waals surface area contributed by atoms with Gasteiger partial charge in [0.25, 0.3) is 5.91 Å². The molecule has 3 atom stereocenters. The smallest absolute Gasteiger partial charge is 0.416 e. The summed E-state index contributed by atoms with van der Waals surface area (Å²) >= 11 is 0. The number of halogens is 3. The molecule has 4 aliphatic heterocycles. The molecule has 2 aromatic rings. The van der Waals surface area contributed by atoms with Crippen LogP contribution in [0.5, 0.6) is 5.88 Å². The first-order valence-electron chi connectivity index (χ1n) is 13.0. The van der Waals surface area contributed by atoms with E-state index >= 15 is 0 Å². The van der Waals surface area contributed by atoms with Crippen LogP contribution in [-0.2, 0) is 26.1 Å². The van der Waals surface area contributed by atoms with Crippen molar-refractivity contribution in [2.24, 2.45) is 4.99 Å². The number of amides is 1. The summed E-state index contributed by atoms with van der Waals surface area (Å²) in [6.45, 7) is 5.86. The number of carbonyl (C=O) groups is 1. The second-order valence-electron chi connectivity index (χ2n) is 10.6. The van der Waals surface area contributed by atoms with Crippen molar-refractivity contribution in [3.63, 3.8) is 0 Å². The third-order valence-corrected chi connectivity index (χ3v) is 7.23. The number of aromatic nitrogens is 1. The number of alkyl halides is 3. The Kier molecular flexibility index (Phi) is 6.37. The van der Waals surface area contributed by atoms with Gasteiger partial charge in [-0.3, -0.25) is 9.79 Å². The van der Waals surface area contributed by atoms with E-state index in [9.17, 15) is 18.0 Å². The standard InChI is InChI=1S/C27H29F3N6O4/c1-25(2)39-15-20(40-25)14-38-22-7-6-18(11-31-22)34-24(37)26(16-4-3-5-17(10-16)27(28,29)30)32-12-21-23(35-26)33-19-8-9-36(21)13-19/h3-7,10-12,19-20,32H,8-9,13-15H2,1-2H3,(H,33,35)(H,34,37)/t19-,20+,26?/m0/s1. The summed E-state index contributed by atoms with van der Waals surface area (Å²) < 4.78 is 57.7. The van der Waals surface area contributed by atoms with Crippen molar-refractivity contribution in [1.29, 1.82) is 0 Å². The van der Waals surface area contributed by atoms with Crippen LogP contribution in [0.1, 0.15) is 31.4 Å². The summed E-state index contributed by atoms with van der Waals surface area (Å²) in [6, 6.07) is 7.92. The molecule has 13 heteroatoms. The lowest BCUT2D eigenvalue weighted by molar-refractivity contribution is -0.141. The number of ether oxygens (including phenoxy) is 3. The van der Waals surface area contributed by atoms with E-state index in [1.165, 1.54) is 18.3 Å². The molecule has 5 heterocycles. The van der Waals surface area contributed by atoms with E-state index in [1.54, 1.807) is 18.3 Å². The molecule has 1 unspecified atom stereocenters. The molecule has 0 saturated carbocycles. The Balaban J connectivity index is 1.24. The van der Waals surface area contributed by atoms with E-state index in [0.29, 0.717) is 24.0 Å². The lowest BCUT2D eigenvalue weighted by Crippen LogP contribution is -2.65. The molecule has 1 amide bonds. The minimum Gasteiger partial charge on any atom is -0.475 e. The molecule has 212 valence electrons. The number of anilines is 1. The van der Waals surface area contributed by atoms with Crippen LogP contribution in [0.2, 0.25) is 0 Å². The maximum absolute atomic E-state index is 13.8. The Labute approximate surface area is 228 Å². The zero-order valence-corrected chi connectivity index (χ0v) is 21.9. The minimum atomic E-state index is -4.58. The first kappa shape index (κ1) is 26.4. The molecule has 0 spiro atoms. The number of hydrogen-bond acceptors (Lipinski definition) is 9. The lowest BCUT2D eigenvalue weighted by atomic mass is 9.94. The van der Waals surface area contributed by atoms with Crippen LogP contribution in [0, 0.1) is 0 Å². The Morgan fingerprint density at radius 1 is 1.27 bits per heavy atom. The highest BCUT2D eigenvalue weighted by atomic mass is 19.4. The normalized spacial score (nSPS) is 26.7. The SMILES string of the molecule is CC1(C)OC[C@@H](COc2ccc(NC(=O)C3(c4cccc(C(F)(F)F)c4)NC=C4C(=N[C@H]5CCN4C5)N3)cn2)O1. The number of fused-ring (bicyclic) bond motifs is 4. The number of amidine groups is 1. The van der Waals surface area contributed by atoms with Crippen LogP contribution in [0.3, 0.4) is 0 Å². The molecular formula is C27H29F3N6O4. The summed E-state index contributed by atoms with van der Waals surface area (Å²) in [4.78, 5) is 24.9. The summed E-state index contributed by atoms with van der Waals surface area (Å²) in [6.07, 6.45) is -0.900. The zero-order valence-electron chi connectivity index (χ0n) is 21.9.